The standard InChI is InChI=1S/C17H32N2O/c1-12(2)19-10-14-6-3-7-15(11-19)17(14)18-9-13-5-4-8-16(13)20/h12-18,20H,3-11H2,1-2H3. The minimum atomic E-state index is -0.0434. The number of aliphatic hydroxyl groups excluding tert-OH is 1. The molecule has 0 aromatic rings. The zero-order valence-electron chi connectivity index (χ0n) is 13.2. The van der Waals surface area contributed by atoms with E-state index in [-0.39, 0.29) is 6.10 Å². The Morgan fingerprint density at radius 3 is 2.25 bits per heavy atom. The number of piperidine rings is 1. The molecule has 2 aliphatic carbocycles. The maximum atomic E-state index is 9.99. The molecule has 0 spiro atoms. The van der Waals surface area contributed by atoms with Crippen LogP contribution in [0.1, 0.15) is 52.4 Å². The van der Waals surface area contributed by atoms with Crippen molar-refractivity contribution in [3.05, 3.63) is 0 Å². The maximum absolute atomic E-state index is 9.99. The summed E-state index contributed by atoms with van der Waals surface area (Å²) in [4.78, 5) is 2.68. The summed E-state index contributed by atoms with van der Waals surface area (Å²) in [5, 5.41) is 13.9. The van der Waals surface area contributed by atoms with Gasteiger partial charge in [-0.25, -0.2) is 0 Å². The zero-order valence-corrected chi connectivity index (χ0v) is 13.2. The Labute approximate surface area is 124 Å². The van der Waals surface area contributed by atoms with Crippen molar-refractivity contribution in [2.45, 2.75) is 70.6 Å². The largest absolute Gasteiger partial charge is 0.393 e. The Morgan fingerprint density at radius 2 is 1.70 bits per heavy atom. The van der Waals surface area contributed by atoms with Crippen molar-refractivity contribution in [3.8, 4) is 0 Å². The molecule has 116 valence electrons. The van der Waals surface area contributed by atoms with E-state index in [1.54, 1.807) is 0 Å². The minimum absolute atomic E-state index is 0.0434. The van der Waals surface area contributed by atoms with E-state index in [1.807, 2.05) is 0 Å². The van der Waals surface area contributed by atoms with Crippen molar-refractivity contribution < 1.29 is 5.11 Å². The third kappa shape index (κ3) is 3.05. The number of aliphatic hydroxyl groups is 1. The van der Waals surface area contributed by atoms with Crippen LogP contribution in [0.5, 0.6) is 0 Å². The third-order valence-electron chi connectivity index (χ3n) is 6.07. The molecule has 1 aliphatic heterocycles. The van der Waals surface area contributed by atoms with Crippen molar-refractivity contribution in [2.24, 2.45) is 17.8 Å². The molecule has 2 bridgehead atoms. The second kappa shape index (κ2) is 6.33. The van der Waals surface area contributed by atoms with Crippen LogP contribution in [0.2, 0.25) is 0 Å². The predicted molar refractivity (Wildman–Crippen MR) is 82.7 cm³/mol. The second-order valence-corrected chi connectivity index (χ2v) is 7.69. The fourth-order valence-electron chi connectivity index (χ4n) is 4.77. The van der Waals surface area contributed by atoms with Crippen LogP contribution in [-0.4, -0.2) is 47.8 Å². The molecule has 1 heterocycles. The van der Waals surface area contributed by atoms with Gasteiger partial charge in [0, 0.05) is 31.7 Å². The first-order valence-corrected chi connectivity index (χ1v) is 8.80. The van der Waals surface area contributed by atoms with Crippen molar-refractivity contribution >= 4 is 0 Å². The van der Waals surface area contributed by atoms with Gasteiger partial charge in [0.2, 0.25) is 0 Å². The van der Waals surface area contributed by atoms with Crippen LogP contribution in [0.25, 0.3) is 0 Å². The van der Waals surface area contributed by atoms with Crippen LogP contribution in [-0.2, 0) is 0 Å². The van der Waals surface area contributed by atoms with Crippen molar-refractivity contribution in [1.29, 1.82) is 0 Å². The highest BCUT2D eigenvalue weighted by atomic mass is 16.3. The Bertz CT molecular complexity index is 306. The fourth-order valence-corrected chi connectivity index (χ4v) is 4.77. The van der Waals surface area contributed by atoms with E-state index in [2.05, 4.69) is 24.1 Å². The molecule has 0 amide bonds. The van der Waals surface area contributed by atoms with Gasteiger partial charge in [-0.3, -0.25) is 0 Å². The number of nitrogens with zero attached hydrogens (tertiary/aromatic N) is 1. The van der Waals surface area contributed by atoms with Gasteiger partial charge in [-0.2, -0.15) is 0 Å². The quantitative estimate of drug-likeness (QED) is 0.829. The van der Waals surface area contributed by atoms with Gasteiger partial charge in [0.15, 0.2) is 0 Å². The first-order chi connectivity index (χ1) is 9.65. The van der Waals surface area contributed by atoms with Gasteiger partial charge >= 0.3 is 0 Å². The molecule has 3 aliphatic rings. The van der Waals surface area contributed by atoms with Gasteiger partial charge in [0.05, 0.1) is 6.10 Å². The molecule has 0 aromatic carbocycles. The zero-order chi connectivity index (χ0) is 14.1. The lowest BCUT2D eigenvalue weighted by Gasteiger charge is -2.49. The molecule has 3 fully saturated rings. The first-order valence-electron chi connectivity index (χ1n) is 8.80. The normalized spacial score (nSPS) is 42.3. The summed E-state index contributed by atoms with van der Waals surface area (Å²) < 4.78 is 0. The number of hydrogen-bond acceptors (Lipinski definition) is 3. The van der Waals surface area contributed by atoms with Crippen molar-refractivity contribution in [1.82, 2.24) is 10.2 Å². The number of rotatable bonds is 4. The van der Waals surface area contributed by atoms with Gasteiger partial charge in [0.25, 0.3) is 0 Å². The summed E-state index contributed by atoms with van der Waals surface area (Å²) in [5.74, 6) is 2.19. The SMILES string of the molecule is CC(C)N1CC2CCCC(C1)C2NCC1CCCC1O. The van der Waals surface area contributed by atoms with Gasteiger partial charge in [-0.15, -0.1) is 0 Å². The molecule has 0 radical (unpaired) electrons. The van der Waals surface area contributed by atoms with E-state index in [4.69, 9.17) is 0 Å². The Balaban J connectivity index is 1.56. The lowest BCUT2D eigenvalue weighted by Crippen LogP contribution is -2.59. The summed E-state index contributed by atoms with van der Waals surface area (Å²) in [6, 6.07) is 1.40. The van der Waals surface area contributed by atoms with E-state index in [1.165, 1.54) is 45.2 Å². The van der Waals surface area contributed by atoms with Crippen molar-refractivity contribution in [3.63, 3.8) is 0 Å². The van der Waals surface area contributed by atoms with E-state index >= 15 is 0 Å². The Morgan fingerprint density at radius 1 is 1.05 bits per heavy atom. The average molecular weight is 280 g/mol. The van der Waals surface area contributed by atoms with E-state index in [0.29, 0.717) is 18.0 Å². The smallest absolute Gasteiger partial charge is 0.0580 e. The number of hydrogen-bond donors (Lipinski definition) is 2. The molecule has 4 unspecified atom stereocenters. The highest BCUT2D eigenvalue weighted by Crippen LogP contribution is 2.36. The van der Waals surface area contributed by atoms with Crippen LogP contribution in [0, 0.1) is 17.8 Å². The molecular formula is C17H32N2O. The molecule has 0 aromatic heterocycles. The molecule has 3 rings (SSSR count). The molecule has 3 heteroatoms. The molecule has 20 heavy (non-hydrogen) atoms. The molecule has 3 nitrogen and oxygen atoms in total. The van der Waals surface area contributed by atoms with Gasteiger partial charge < -0.3 is 15.3 Å². The summed E-state index contributed by atoms with van der Waals surface area (Å²) in [6.07, 6.45) is 7.62. The van der Waals surface area contributed by atoms with Gasteiger partial charge in [-0.1, -0.05) is 12.8 Å². The average Bonchev–Trinajstić information content (AvgIpc) is 2.80. The minimum Gasteiger partial charge on any atom is -0.393 e. The predicted octanol–water partition coefficient (Wildman–Crippen LogP) is 2.25. The molecular weight excluding hydrogens is 248 g/mol. The fraction of sp³-hybridized carbons (Fsp3) is 1.00. The molecule has 1 saturated heterocycles. The lowest BCUT2D eigenvalue weighted by molar-refractivity contribution is 0.0251. The monoisotopic (exact) mass is 280 g/mol. The molecule has 4 atom stereocenters. The summed E-state index contributed by atoms with van der Waals surface area (Å²) in [7, 11) is 0. The van der Waals surface area contributed by atoms with E-state index in [0.717, 1.165) is 24.8 Å². The van der Waals surface area contributed by atoms with Crippen molar-refractivity contribution in [2.75, 3.05) is 19.6 Å². The third-order valence-corrected chi connectivity index (χ3v) is 6.07. The van der Waals surface area contributed by atoms with E-state index in [9.17, 15) is 5.11 Å². The molecule has 2 saturated carbocycles. The van der Waals surface area contributed by atoms with Crippen LogP contribution in [0.4, 0.5) is 0 Å². The summed E-state index contributed by atoms with van der Waals surface area (Å²) >= 11 is 0. The highest BCUT2D eigenvalue weighted by Gasteiger charge is 2.40. The molecule has 2 N–H and O–H groups in total. The van der Waals surface area contributed by atoms with Crippen LogP contribution >= 0.6 is 0 Å². The lowest BCUT2D eigenvalue weighted by atomic mass is 9.73. The Kier molecular flexibility index (Phi) is 4.68. The Hall–Kier alpha value is -0.120. The van der Waals surface area contributed by atoms with Crippen LogP contribution in [0.15, 0.2) is 0 Å². The van der Waals surface area contributed by atoms with Gasteiger partial charge in [0.1, 0.15) is 0 Å². The summed E-state index contributed by atoms with van der Waals surface area (Å²) in [5.41, 5.74) is 0. The number of fused-ring (bicyclic) bond motifs is 2. The number of nitrogens with one attached hydrogen (secondary N) is 1. The topological polar surface area (TPSA) is 35.5 Å². The van der Waals surface area contributed by atoms with E-state index < -0.39 is 0 Å². The summed E-state index contributed by atoms with van der Waals surface area (Å²) in [6.45, 7) is 8.26. The highest BCUT2D eigenvalue weighted by molar-refractivity contribution is 4.96. The van der Waals surface area contributed by atoms with Crippen LogP contribution < -0.4 is 5.32 Å². The van der Waals surface area contributed by atoms with Gasteiger partial charge in [-0.05, 0) is 57.3 Å². The second-order valence-electron chi connectivity index (χ2n) is 7.69. The maximum Gasteiger partial charge on any atom is 0.0580 e. The van der Waals surface area contributed by atoms with Crippen LogP contribution in [0.3, 0.4) is 0 Å². The number of likely N-dealkylation sites (tertiary alicyclic amines) is 1. The first kappa shape index (κ1) is 14.8.